The van der Waals surface area contributed by atoms with Crippen molar-refractivity contribution in [3.8, 4) is 0 Å². The lowest BCUT2D eigenvalue weighted by molar-refractivity contribution is -0.228. The molecule has 8 aliphatic rings. The van der Waals surface area contributed by atoms with Gasteiger partial charge in [0.05, 0.1) is 17.6 Å². The van der Waals surface area contributed by atoms with Crippen LogP contribution in [0.2, 0.25) is 19.6 Å². The van der Waals surface area contributed by atoms with Crippen LogP contribution < -0.4 is 0 Å². The van der Waals surface area contributed by atoms with Gasteiger partial charge in [0.1, 0.15) is 5.60 Å². The van der Waals surface area contributed by atoms with Crippen molar-refractivity contribution in [2.24, 2.45) is 34.5 Å². The van der Waals surface area contributed by atoms with Gasteiger partial charge in [0, 0.05) is 18.8 Å². The second kappa shape index (κ2) is 7.77. The Bertz CT molecular complexity index is 925. The summed E-state index contributed by atoms with van der Waals surface area (Å²) >= 11 is 0. The normalized spacial score (nSPS) is 46.7. The molecule has 202 valence electrons. The van der Waals surface area contributed by atoms with Crippen LogP contribution in [-0.4, -0.2) is 44.0 Å². The molecular weight excluding hydrogens is 482 g/mol. The summed E-state index contributed by atoms with van der Waals surface area (Å²) in [4.78, 5) is 25.9. The van der Waals surface area contributed by atoms with E-state index in [1.54, 1.807) is 0 Å². The van der Waals surface area contributed by atoms with Gasteiger partial charge in [0.15, 0.2) is 8.32 Å². The molecule has 8 saturated carbocycles. The van der Waals surface area contributed by atoms with Gasteiger partial charge in [-0.25, -0.2) is 4.79 Å². The van der Waals surface area contributed by atoms with Crippen molar-refractivity contribution < 1.29 is 32.3 Å². The highest BCUT2D eigenvalue weighted by Gasteiger charge is 2.65. The average molecular weight is 525 g/mol. The van der Waals surface area contributed by atoms with Crippen LogP contribution in [0, 0.1) is 34.5 Å². The number of rotatable bonds is 7. The maximum absolute atomic E-state index is 13.8. The van der Waals surface area contributed by atoms with E-state index in [9.17, 15) is 18.4 Å². The number of carbonyl (C=O) groups is 2. The van der Waals surface area contributed by atoms with Gasteiger partial charge in [0.25, 0.3) is 0 Å². The van der Waals surface area contributed by atoms with Crippen LogP contribution in [0.25, 0.3) is 0 Å². The SMILES string of the molecule is CC(F)(F)C(=O)OC12CC3CC(C1)CC(C(=O)OCC14CC5CC(C1)CC(O[Si](C)(C)C)(C5)C4)(C3)C2. The van der Waals surface area contributed by atoms with Crippen molar-refractivity contribution in [1.29, 1.82) is 0 Å². The summed E-state index contributed by atoms with van der Waals surface area (Å²) < 4.78 is 46.0. The van der Waals surface area contributed by atoms with E-state index in [4.69, 9.17) is 13.9 Å². The van der Waals surface area contributed by atoms with Crippen LogP contribution in [0.4, 0.5) is 8.78 Å². The summed E-state index contributed by atoms with van der Waals surface area (Å²) in [6, 6.07) is 0. The zero-order chi connectivity index (χ0) is 25.8. The van der Waals surface area contributed by atoms with E-state index < -0.39 is 31.2 Å². The van der Waals surface area contributed by atoms with Crippen LogP contribution in [-0.2, 0) is 23.5 Å². The van der Waals surface area contributed by atoms with E-state index in [0.717, 1.165) is 51.4 Å². The zero-order valence-corrected chi connectivity index (χ0v) is 23.3. The second-order valence-electron chi connectivity index (χ2n) is 15.1. The number of ether oxygens (including phenoxy) is 2. The number of alkyl halides is 2. The van der Waals surface area contributed by atoms with Crippen LogP contribution >= 0.6 is 0 Å². The number of halogens is 2. The van der Waals surface area contributed by atoms with Crippen LogP contribution in [0.15, 0.2) is 0 Å². The molecule has 8 heteroatoms. The molecule has 8 rings (SSSR count). The molecule has 0 radical (unpaired) electrons. The van der Waals surface area contributed by atoms with E-state index in [-0.39, 0.29) is 28.8 Å². The average Bonchev–Trinajstić information content (AvgIpc) is 2.67. The molecule has 0 aromatic carbocycles. The van der Waals surface area contributed by atoms with Gasteiger partial charge in [-0.1, -0.05) is 0 Å². The Kier molecular flexibility index (Phi) is 5.45. The molecule has 0 spiro atoms. The maximum atomic E-state index is 13.8. The summed E-state index contributed by atoms with van der Waals surface area (Å²) in [5, 5.41) is 0. The van der Waals surface area contributed by atoms with Crippen LogP contribution in [0.5, 0.6) is 0 Å². The smallest absolute Gasteiger partial charge is 0.377 e. The summed E-state index contributed by atoms with van der Waals surface area (Å²) in [6.07, 6.45) is 10.7. The van der Waals surface area contributed by atoms with Crippen molar-refractivity contribution in [1.82, 2.24) is 0 Å². The molecule has 4 unspecified atom stereocenters. The first kappa shape index (κ1) is 25.3. The van der Waals surface area contributed by atoms with Crippen molar-refractivity contribution in [2.45, 2.75) is 121 Å². The predicted octanol–water partition coefficient (Wildman–Crippen LogP) is 6.26. The molecule has 0 saturated heterocycles. The van der Waals surface area contributed by atoms with Gasteiger partial charge in [-0.15, -0.1) is 0 Å². The van der Waals surface area contributed by atoms with Crippen molar-refractivity contribution in [2.75, 3.05) is 6.61 Å². The molecular formula is C28H42F2O5Si. The van der Waals surface area contributed by atoms with Crippen LogP contribution in [0.1, 0.15) is 84.0 Å². The van der Waals surface area contributed by atoms with E-state index in [1.165, 1.54) is 6.42 Å². The second-order valence-corrected chi connectivity index (χ2v) is 19.6. The lowest BCUT2D eigenvalue weighted by Gasteiger charge is -2.63. The van der Waals surface area contributed by atoms with E-state index in [1.807, 2.05) is 0 Å². The van der Waals surface area contributed by atoms with E-state index >= 15 is 0 Å². The fourth-order valence-corrected chi connectivity index (χ4v) is 12.0. The minimum Gasteiger partial charge on any atom is -0.465 e. The van der Waals surface area contributed by atoms with Gasteiger partial charge in [-0.3, -0.25) is 4.79 Å². The Balaban J connectivity index is 1.18. The molecule has 0 aliphatic heterocycles. The Hall–Kier alpha value is -1.02. The number of esters is 2. The van der Waals surface area contributed by atoms with Gasteiger partial charge in [0.2, 0.25) is 0 Å². The summed E-state index contributed by atoms with van der Waals surface area (Å²) in [6.45, 7) is 7.82. The first-order valence-electron chi connectivity index (χ1n) is 14.1. The lowest BCUT2D eigenvalue weighted by Crippen LogP contribution is -2.62. The Labute approximate surface area is 214 Å². The quantitative estimate of drug-likeness (QED) is 0.291. The van der Waals surface area contributed by atoms with Crippen molar-refractivity contribution >= 4 is 20.3 Å². The predicted molar refractivity (Wildman–Crippen MR) is 132 cm³/mol. The summed E-state index contributed by atoms with van der Waals surface area (Å²) in [5.41, 5.74) is -1.71. The third kappa shape index (κ3) is 4.36. The number of hydrogen-bond donors (Lipinski definition) is 0. The standard InChI is InChI=1S/C28H42F2O5Si/c1-24(29,30)22(31)34-27-11-20-6-21(12-27)10-26(9-20,16-27)23(32)33-17-25-7-18-5-19(8-25)14-28(13-18,15-25)35-36(2,3)4/h18-21H,5-17H2,1-4H3. The highest BCUT2D eigenvalue weighted by Crippen LogP contribution is 2.65. The maximum Gasteiger partial charge on any atom is 0.377 e. The third-order valence-electron chi connectivity index (χ3n) is 10.3. The Morgan fingerprint density at radius 3 is 1.89 bits per heavy atom. The largest absolute Gasteiger partial charge is 0.465 e. The fraction of sp³-hybridized carbons (Fsp3) is 0.929. The minimum absolute atomic E-state index is 0.00386. The van der Waals surface area contributed by atoms with Gasteiger partial charge in [-0.2, -0.15) is 8.78 Å². The molecule has 0 amide bonds. The molecule has 5 nitrogen and oxygen atoms in total. The molecule has 36 heavy (non-hydrogen) atoms. The fourth-order valence-electron chi connectivity index (χ4n) is 10.5. The molecule has 8 aliphatic carbocycles. The summed E-state index contributed by atoms with van der Waals surface area (Å²) in [5.74, 6) is -3.41. The molecule has 0 aromatic heterocycles. The van der Waals surface area contributed by atoms with Crippen LogP contribution in [0.3, 0.4) is 0 Å². The molecule has 4 atom stereocenters. The van der Waals surface area contributed by atoms with Crippen molar-refractivity contribution in [3.63, 3.8) is 0 Å². The van der Waals surface area contributed by atoms with E-state index in [2.05, 4.69) is 19.6 Å². The topological polar surface area (TPSA) is 61.8 Å². The third-order valence-corrected chi connectivity index (χ3v) is 11.3. The molecule has 8 bridgehead atoms. The molecule has 0 N–H and O–H groups in total. The van der Waals surface area contributed by atoms with Gasteiger partial charge in [-0.05, 0) is 114 Å². The first-order valence-corrected chi connectivity index (χ1v) is 17.5. The summed E-state index contributed by atoms with van der Waals surface area (Å²) in [7, 11) is -1.71. The van der Waals surface area contributed by atoms with Gasteiger partial charge < -0.3 is 13.9 Å². The monoisotopic (exact) mass is 524 g/mol. The van der Waals surface area contributed by atoms with Crippen molar-refractivity contribution in [3.05, 3.63) is 0 Å². The molecule has 0 heterocycles. The number of carbonyl (C=O) groups excluding carboxylic acids is 2. The minimum atomic E-state index is -3.52. The van der Waals surface area contributed by atoms with E-state index in [0.29, 0.717) is 44.6 Å². The number of hydrogen-bond acceptors (Lipinski definition) is 5. The first-order chi connectivity index (χ1) is 16.6. The molecule has 0 aromatic rings. The van der Waals surface area contributed by atoms with Gasteiger partial charge >= 0.3 is 17.9 Å². The zero-order valence-electron chi connectivity index (χ0n) is 22.3. The highest BCUT2D eigenvalue weighted by molar-refractivity contribution is 6.69. The Morgan fingerprint density at radius 1 is 0.833 bits per heavy atom. The lowest BCUT2D eigenvalue weighted by atomic mass is 9.47. The Morgan fingerprint density at radius 2 is 1.36 bits per heavy atom. The highest BCUT2D eigenvalue weighted by atomic mass is 28.4. The molecule has 8 fully saturated rings.